The summed E-state index contributed by atoms with van der Waals surface area (Å²) in [6.07, 6.45) is 0. The Balaban J connectivity index is 2.17. The number of nitrogens with one attached hydrogen (secondary N) is 1. The van der Waals surface area contributed by atoms with Crippen LogP contribution in [0.1, 0.15) is 5.56 Å². The first-order valence-corrected chi connectivity index (χ1v) is 8.00. The van der Waals surface area contributed by atoms with Crippen LogP contribution in [-0.4, -0.2) is 26.1 Å². The third-order valence-corrected chi connectivity index (χ3v) is 4.25. The Morgan fingerprint density at radius 1 is 1.22 bits per heavy atom. The number of rotatable bonds is 6. The van der Waals surface area contributed by atoms with Gasteiger partial charge in [-0.25, -0.2) is 17.6 Å². The van der Waals surface area contributed by atoms with Crippen molar-refractivity contribution in [1.82, 2.24) is 0 Å². The van der Waals surface area contributed by atoms with Gasteiger partial charge in [0, 0.05) is 0 Å². The van der Waals surface area contributed by atoms with E-state index in [1.807, 2.05) is 0 Å². The summed E-state index contributed by atoms with van der Waals surface area (Å²) in [5.74, 6) is -1.60. The number of carboxylic acid groups (broad SMARTS) is 1. The molecule has 0 fully saturated rings. The van der Waals surface area contributed by atoms with Crippen molar-refractivity contribution in [1.29, 1.82) is 0 Å². The third kappa shape index (κ3) is 4.43. The summed E-state index contributed by atoms with van der Waals surface area (Å²) in [7, 11) is -3.96. The molecule has 2 aromatic carbocycles. The maximum absolute atomic E-state index is 13.7. The molecule has 0 aliphatic heterocycles. The van der Waals surface area contributed by atoms with Gasteiger partial charge in [0.05, 0.1) is 10.6 Å². The maximum atomic E-state index is 13.7. The van der Waals surface area contributed by atoms with Crippen LogP contribution >= 0.6 is 0 Å². The maximum Gasteiger partial charge on any atom is 0.341 e. The highest BCUT2D eigenvalue weighted by atomic mass is 32.2. The molecular formula is C15H14FNO5S. The van der Waals surface area contributed by atoms with Crippen molar-refractivity contribution in [2.75, 3.05) is 11.3 Å². The Labute approximate surface area is 132 Å². The zero-order chi connectivity index (χ0) is 17.0. The lowest BCUT2D eigenvalue weighted by molar-refractivity contribution is -0.139. The lowest BCUT2D eigenvalue weighted by Crippen LogP contribution is -2.14. The minimum Gasteiger partial charge on any atom is -0.482 e. The minimum absolute atomic E-state index is 0.0971. The molecular weight excluding hydrogens is 325 g/mol. The van der Waals surface area contributed by atoms with Crippen LogP contribution in [0.25, 0.3) is 0 Å². The van der Waals surface area contributed by atoms with E-state index in [0.717, 1.165) is 0 Å². The first-order valence-electron chi connectivity index (χ1n) is 6.51. The molecule has 2 rings (SSSR count). The van der Waals surface area contributed by atoms with E-state index >= 15 is 0 Å². The van der Waals surface area contributed by atoms with Crippen LogP contribution in [0.15, 0.2) is 47.4 Å². The smallest absolute Gasteiger partial charge is 0.341 e. The van der Waals surface area contributed by atoms with Crippen molar-refractivity contribution in [2.45, 2.75) is 11.8 Å². The Morgan fingerprint density at radius 2 is 1.87 bits per heavy atom. The predicted molar refractivity (Wildman–Crippen MR) is 81.5 cm³/mol. The number of carboxylic acids is 1. The van der Waals surface area contributed by atoms with Crippen molar-refractivity contribution in [2.24, 2.45) is 0 Å². The van der Waals surface area contributed by atoms with Gasteiger partial charge in [0.2, 0.25) is 0 Å². The molecule has 2 aromatic rings. The number of aliphatic carboxylic acids is 1. The molecule has 0 bridgehead atoms. The Kier molecular flexibility index (Phi) is 4.85. The number of carbonyl (C=O) groups is 1. The van der Waals surface area contributed by atoms with Crippen LogP contribution < -0.4 is 9.46 Å². The SMILES string of the molecule is Cc1ccc(NS(=O)(=O)c2ccc(OCC(=O)O)cc2)c(F)c1. The minimum atomic E-state index is -3.96. The number of ether oxygens (including phenoxy) is 1. The quantitative estimate of drug-likeness (QED) is 0.843. The second-order valence-corrected chi connectivity index (χ2v) is 6.43. The summed E-state index contributed by atoms with van der Waals surface area (Å²) in [5, 5.41) is 8.50. The van der Waals surface area contributed by atoms with Gasteiger partial charge in [-0.1, -0.05) is 6.07 Å². The van der Waals surface area contributed by atoms with Gasteiger partial charge >= 0.3 is 5.97 Å². The van der Waals surface area contributed by atoms with Gasteiger partial charge in [0.15, 0.2) is 6.61 Å². The second-order valence-electron chi connectivity index (χ2n) is 4.74. The molecule has 122 valence electrons. The monoisotopic (exact) mass is 339 g/mol. The van der Waals surface area contributed by atoms with E-state index in [0.29, 0.717) is 5.56 Å². The fraction of sp³-hybridized carbons (Fsp3) is 0.133. The molecule has 0 amide bonds. The van der Waals surface area contributed by atoms with Gasteiger partial charge < -0.3 is 9.84 Å². The van der Waals surface area contributed by atoms with E-state index in [1.54, 1.807) is 13.0 Å². The van der Waals surface area contributed by atoms with Gasteiger partial charge in [0.1, 0.15) is 11.6 Å². The van der Waals surface area contributed by atoms with E-state index in [9.17, 15) is 17.6 Å². The van der Waals surface area contributed by atoms with Gasteiger partial charge in [-0.2, -0.15) is 0 Å². The van der Waals surface area contributed by atoms with Crippen LogP contribution in [0.3, 0.4) is 0 Å². The summed E-state index contributed by atoms with van der Waals surface area (Å²) < 4.78 is 45.2. The van der Waals surface area contributed by atoms with Gasteiger partial charge in [-0.15, -0.1) is 0 Å². The molecule has 2 N–H and O–H groups in total. The molecule has 0 atom stereocenters. The molecule has 0 unspecified atom stereocenters. The molecule has 0 aromatic heterocycles. The van der Waals surface area contributed by atoms with E-state index in [4.69, 9.17) is 9.84 Å². The zero-order valence-electron chi connectivity index (χ0n) is 12.1. The molecule has 0 aliphatic rings. The highest BCUT2D eigenvalue weighted by Gasteiger charge is 2.16. The van der Waals surface area contributed by atoms with E-state index < -0.39 is 28.4 Å². The average molecular weight is 339 g/mol. The second kappa shape index (κ2) is 6.66. The molecule has 0 heterocycles. The predicted octanol–water partition coefficient (Wildman–Crippen LogP) is 2.40. The van der Waals surface area contributed by atoms with Crippen LogP contribution in [0, 0.1) is 12.7 Å². The molecule has 6 nitrogen and oxygen atoms in total. The van der Waals surface area contributed by atoms with Crippen molar-refractivity contribution in [3.63, 3.8) is 0 Å². The van der Waals surface area contributed by atoms with E-state index in [-0.39, 0.29) is 16.3 Å². The van der Waals surface area contributed by atoms with Crippen LogP contribution in [-0.2, 0) is 14.8 Å². The Morgan fingerprint density at radius 3 is 2.43 bits per heavy atom. The van der Waals surface area contributed by atoms with E-state index in [2.05, 4.69) is 4.72 Å². The zero-order valence-corrected chi connectivity index (χ0v) is 12.9. The lowest BCUT2D eigenvalue weighted by atomic mass is 10.2. The fourth-order valence-electron chi connectivity index (χ4n) is 1.77. The van der Waals surface area contributed by atoms with Gasteiger partial charge in [-0.3, -0.25) is 4.72 Å². The Hall–Kier alpha value is -2.61. The van der Waals surface area contributed by atoms with Crippen LogP contribution in [0.5, 0.6) is 5.75 Å². The first-order chi connectivity index (χ1) is 10.8. The molecule has 0 saturated heterocycles. The molecule has 0 radical (unpaired) electrons. The molecule has 8 heteroatoms. The van der Waals surface area contributed by atoms with Crippen molar-refractivity contribution < 1.29 is 27.4 Å². The highest BCUT2D eigenvalue weighted by molar-refractivity contribution is 7.92. The molecule has 0 aliphatic carbocycles. The lowest BCUT2D eigenvalue weighted by Gasteiger charge is -2.10. The normalized spacial score (nSPS) is 11.0. The number of halogens is 1. The summed E-state index contributed by atoms with van der Waals surface area (Å²) in [5.41, 5.74) is 0.521. The molecule has 0 spiro atoms. The number of aryl methyl sites for hydroxylation is 1. The van der Waals surface area contributed by atoms with E-state index in [1.165, 1.54) is 36.4 Å². The number of anilines is 1. The van der Waals surface area contributed by atoms with Gasteiger partial charge in [-0.05, 0) is 48.9 Å². The number of benzene rings is 2. The molecule has 0 saturated carbocycles. The summed E-state index contributed by atoms with van der Waals surface area (Å²) >= 11 is 0. The van der Waals surface area contributed by atoms with Gasteiger partial charge in [0.25, 0.3) is 10.0 Å². The highest BCUT2D eigenvalue weighted by Crippen LogP contribution is 2.21. The fourth-order valence-corrected chi connectivity index (χ4v) is 2.83. The summed E-state index contributed by atoms with van der Waals surface area (Å²) in [6, 6.07) is 9.28. The summed E-state index contributed by atoms with van der Waals surface area (Å²) in [4.78, 5) is 10.3. The van der Waals surface area contributed by atoms with Crippen molar-refractivity contribution in [3.05, 3.63) is 53.8 Å². The average Bonchev–Trinajstić information content (AvgIpc) is 2.48. The third-order valence-electron chi connectivity index (χ3n) is 2.87. The van der Waals surface area contributed by atoms with Crippen LogP contribution in [0.4, 0.5) is 10.1 Å². The Bertz CT molecular complexity index is 818. The number of sulfonamides is 1. The van der Waals surface area contributed by atoms with Crippen molar-refractivity contribution >= 4 is 21.7 Å². The summed E-state index contributed by atoms with van der Waals surface area (Å²) in [6.45, 7) is 1.16. The van der Waals surface area contributed by atoms with Crippen molar-refractivity contribution in [3.8, 4) is 5.75 Å². The van der Waals surface area contributed by atoms with Crippen LogP contribution in [0.2, 0.25) is 0 Å². The topological polar surface area (TPSA) is 92.7 Å². The first kappa shape index (κ1) is 16.8. The molecule has 23 heavy (non-hydrogen) atoms. The largest absolute Gasteiger partial charge is 0.482 e. The number of hydrogen-bond acceptors (Lipinski definition) is 4. The standard InChI is InChI=1S/C15H14FNO5S/c1-10-2-7-14(13(16)8-10)17-23(20,21)12-5-3-11(4-6-12)22-9-15(18)19/h2-8,17H,9H2,1H3,(H,18,19). The number of hydrogen-bond donors (Lipinski definition) is 2.